The molecule has 14 heteroatoms. The molecule has 0 saturated heterocycles. The van der Waals surface area contributed by atoms with Gasteiger partial charge in [0.2, 0.25) is 0 Å². The van der Waals surface area contributed by atoms with E-state index >= 15 is 0 Å². The molecular formula is C88H118N8O4Ti2. The third-order valence-electron chi connectivity index (χ3n) is 18.5. The maximum Gasteiger partial charge on any atom is 0 e. The van der Waals surface area contributed by atoms with E-state index in [4.69, 9.17) is 0 Å². The van der Waals surface area contributed by atoms with Crippen LogP contribution < -0.4 is 31.9 Å². The van der Waals surface area contributed by atoms with E-state index in [9.17, 15) is 19.2 Å². The van der Waals surface area contributed by atoms with Crippen molar-refractivity contribution >= 4 is 23.6 Å². The van der Waals surface area contributed by atoms with Gasteiger partial charge in [0, 0.05) is 98.4 Å². The first-order chi connectivity index (χ1) is 47.9. The number of nitrogens with one attached hydrogen (secondary N) is 6. The molecular weight excluding hydrogens is 1330 g/mol. The zero-order valence-electron chi connectivity index (χ0n) is 65.3. The molecule has 12 nitrogen and oxygen atoms in total. The molecule has 0 radical (unpaired) electrons. The molecule has 4 amide bonds. The SMILES string of the molecule is CC(C)c1cccc(C(C)C)c1C(=O)NCC=C1C=CCC(=CCNC(=O)c2c(C(C)C)cccc2C(C)C)N1.CC(NC(=O)c1c(C(C)C)cccc1C(C)C)=C1C=CCC(=C(C)NC(=O)c2c(C(C)C)cccc2C(C)C)N1.CN(C)[CH]([Ti][CH](c1ccccc1)N(C)C)c1ccccc1.[Ti]. The summed E-state index contributed by atoms with van der Waals surface area (Å²) in [4.78, 5) is 58.3. The Morgan fingerprint density at radius 1 is 0.402 bits per heavy atom. The number of rotatable bonds is 24. The van der Waals surface area contributed by atoms with Gasteiger partial charge in [-0.15, -0.1) is 0 Å². The van der Waals surface area contributed by atoms with Crippen LogP contribution in [0, 0.1) is 0 Å². The molecule has 6 N–H and O–H groups in total. The average molecular weight is 1450 g/mol. The summed E-state index contributed by atoms with van der Waals surface area (Å²) in [6.07, 6.45) is 13.6. The zero-order chi connectivity index (χ0) is 74.4. The van der Waals surface area contributed by atoms with Crippen LogP contribution in [0.2, 0.25) is 0 Å². The summed E-state index contributed by atoms with van der Waals surface area (Å²) in [5.41, 5.74) is 19.7. The van der Waals surface area contributed by atoms with Gasteiger partial charge in [0.25, 0.3) is 23.6 Å². The van der Waals surface area contributed by atoms with Crippen LogP contribution in [0.3, 0.4) is 0 Å². The number of amides is 4. The van der Waals surface area contributed by atoms with Crippen molar-refractivity contribution in [1.82, 2.24) is 41.7 Å². The van der Waals surface area contributed by atoms with Crippen LogP contribution in [0.25, 0.3) is 0 Å². The van der Waals surface area contributed by atoms with Crippen LogP contribution in [0.15, 0.2) is 204 Å². The largest absolute Gasteiger partial charge is 0 e. The van der Waals surface area contributed by atoms with E-state index in [-0.39, 0.29) is 112 Å². The molecule has 2 atom stereocenters. The number of benzene rings is 6. The Labute approximate surface area is 637 Å². The van der Waals surface area contributed by atoms with Gasteiger partial charge in [-0.2, -0.15) is 0 Å². The number of hydrogen-bond acceptors (Lipinski definition) is 8. The molecule has 8 rings (SSSR count). The summed E-state index contributed by atoms with van der Waals surface area (Å²) in [5, 5.41) is 19.4. The summed E-state index contributed by atoms with van der Waals surface area (Å²) < 4.78 is 1.08. The first-order valence-corrected chi connectivity index (χ1v) is 38.3. The Hall–Kier alpha value is -7.41. The van der Waals surface area contributed by atoms with Crippen LogP contribution in [-0.4, -0.2) is 74.7 Å². The Balaban J connectivity index is 0.000000287. The van der Waals surface area contributed by atoms with Crippen LogP contribution in [-0.2, 0) is 40.9 Å². The van der Waals surface area contributed by atoms with Crippen molar-refractivity contribution in [1.29, 1.82) is 0 Å². The topological polar surface area (TPSA) is 147 Å². The number of nitrogens with zero attached hydrogens (tertiary/aromatic N) is 2. The minimum absolute atomic E-state index is 0. The quantitative estimate of drug-likeness (QED) is 0.0329. The molecule has 0 fully saturated rings. The molecule has 0 aliphatic carbocycles. The molecule has 102 heavy (non-hydrogen) atoms. The predicted molar refractivity (Wildman–Crippen MR) is 419 cm³/mol. The van der Waals surface area contributed by atoms with Crippen molar-refractivity contribution in [3.8, 4) is 0 Å². The normalized spacial score (nSPS) is 15.2. The van der Waals surface area contributed by atoms with E-state index in [1.54, 1.807) is 0 Å². The fourth-order valence-corrected chi connectivity index (χ4v) is 15.5. The van der Waals surface area contributed by atoms with E-state index in [0.717, 1.165) is 107 Å². The van der Waals surface area contributed by atoms with Crippen molar-refractivity contribution in [3.63, 3.8) is 0 Å². The van der Waals surface area contributed by atoms with Crippen molar-refractivity contribution in [2.75, 3.05) is 41.3 Å². The Bertz CT molecular complexity index is 3810. The van der Waals surface area contributed by atoms with Crippen LogP contribution in [0.1, 0.15) is 291 Å². The first-order valence-electron chi connectivity index (χ1n) is 36.5. The van der Waals surface area contributed by atoms with E-state index in [1.165, 1.54) is 11.1 Å². The second-order valence-electron chi connectivity index (χ2n) is 29.5. The molecule has 542 valence electrons. The first kappa shape index (κ1) is 85.2. The van der Waals surface area contributed by atoms with Crippen molar-refractivity contribution in [3.05, 3.63) is 282 Å². The van der Waals surface area contributed by atoms with Gasteiger partial charge in [0.1, 0.15) is 0 Å². The second kappa shape index (κ2) is 41.2. The van der Waals surface area contributed by atoms with E-state index in [2.05, 4.69) is 278 Å². The third kappa shape index (κ3) is 23.8. The van der Waals surface area contributed by atoms with Gasteiger partial charge in [-0.3, -0.25) is 19.2 Å². The number of hydrogen-bond donors (Lipinski definition) is 6. The van der Waals surface area contributed by atoms with Crippen molar-refractivity contribution < 1.29 is 60.0 Å². The Morgan fingerprint density at radius 2 is 0.716 bits per heavy atom. The molecule has 2 aliphatic rings. The molecule has 0 spiro atoms. The van der Waals surface area contributed by atoms with Crippen LogP contribution in [0.5, 0.6) is 0 Å². The molecule has 2 aliphatic heterocycles. The third-order valence-corrected chi connectivity index (χ3v) is 22.1. The minimum Gasteiger partial charge on any atom is 0 e. The van der Waals surface area contributed by atoms with Gasteiger partial charge < -0.3 is 31.9 Å². The van der Waals surface area contributed by atoms with Crippen molar-refractivity contribution in [2.24, 2.45) is 0 Å². The maximum absolute atomic E-state index is 13.6. The zero-order valence-corrected chi connectivity index (χ0v) is 68.4. The van der Waals surface area contributed by atoms with Gasteiger partial charge in [0.15, 0.2) is 0 Å². The maximum atomic E-state index is 13.6. The summed E-state index contributed by atoms with van der Waals surface area (Å²) in [5.74, 6) is 1.77. The minimum atomic E-state index is -0.253. The number of carbonyl (C=O) groups is 4. The Morgan fingerprint density at radius 3 is 1.05 bits per heavy atom. The van der Waals surface area contributed by atoms with Gasteiger partial charge in [-0.1, -0.05) is 196 Å². The fraction of sp³-hybridized carbons (Fsp3) is 0.409. The molecule has 0 bridgehead atoms. The summed E-state index contributed by atoms with van der Waals surface area (Å²) in [6, 6.07) is 46.3. The monoisotopic (exact) mass is 1450 g/mol. The molecule has 6 aromatic carbocycles. The Kier molecular flexibility index (Phi) is 34.4. The fourth-order valence-electron chi connectivity index (χ4n) is 12.9. The standard InChI is InChI=1S/2C35H47N3O2.2C9H12N.2Ti/c1-20(2)26-14-11-15-27(21(3)4)32(26)34(39)36-24(9)30-18-13-19-31(38-30)25(10)37-35(40)33-28(22(5)6)16-12-17-29(33)23(7)8;1-22(2)28-14-10-15-29(23(3)4)32(28)34(39)36-20-18-26-12-9-13-27(38-26)19-21-37-35(40)33-30(24(5)6)16-11-17-31(33)25(7)8;2*1-10(2)8-9-6-4-3-5-7-9;;/h11-18,20-23,38H,19H2,1-10H3,(H,36,39)(H,37,40);9-12,14-19,22-25,38H,13,20-21H2,1-8H3,(H,36,39)(H,37,40);2*3-8H,1-2H3;;. The summed E-state index contributed by atoms with van der Waals surface area (Å²) >= 11 is -0.253. The smallest absolute Gasteiger partial charge is 0 e. The molecule has 2 unspecified atom stereocenters. The predicted octanol–water partition coefficient (Wildman–Crippen LogP) is 19.6. The van der Waals surface area contributed by atoms with E-state index in [1.807, 2.05) is 86.7 Å². The van der Waals surface area contributed by atoms with Crippen molar-refractivity contribution in [2.45, 2.75) is 194 Å². The molecule has 0 aromatic heterocycles. The second-order valence-corrected chi connectivity index (χ2v) is 31.8. The van der Waals surface area contributed by atoms with E-state index in [0.29, 0.717) is 28.2 Å². The van der Waals surface area contributed by atoms with Gasteiger partial charge >= 0.3 is 138 Å². The van der Waals surface area contributed by atoms with E-state index < -0.39 is 0 Å². The van der Waals surface area contributed by atoms with Gasteiger partial charge in [-0.05, 0) is 130 Å². The molecule has 0 saturated carbocycles. The molecule has 6 aromatic rings. The van der Waals surface area contributed by atoms with Crippen LogP contribution in [0.4, 0.5) is 0 Å². The summed E-state index contributed by atoms with van der Waals surface area (Å²) in [7, 11) is 8.77. The summed E-state index contributed by atoms with van der Waals surface area (Å²) in [6.45, 7) is 38.6. The van der Waals surface area contributed by atoms with Crippen LogP contribution >= 0.6 is 0 Å². The van der Waals surface area contributed by atoms with Gasteiger partial charge in [0.05, 0.1) is 5.70 Å². The molecule has 2 heterocycles. The average Bonchev–Trinajstić information content (AvgIpc) is 0.814. The number of allylic oxidation sites excluding steroid dienone is 6. The number of carbonyl (C=O) groups excluding carboxylic acids is 4. The van der Waals surface area contributed by atoms with Gasteiger partial charge in [-0.25, -0.2) is 0 Å².